The van der Waals surface area contributed by atoms with Gasteiger partial charge in [-0.25, -0.2) is 4.98 Å². The van der Waals surface area contributed by atoms with Gasteiger partial charge >= 0.3 is 0 Å². The van der Waals surface area contributed by atoms with Gasteiger partial charge in [0.05, 0.1) is 18.3 Å². The molecular weight excluding hydrogens is 260 g/mol. The van der Waals surface area contributed by atoms with Crippen LogP contribution in [0.2, 0.25) is 0 Å². The molecule has 0 spiro atoms. The fraction of sp³-hybridized carbons (Fsp3) is 0.786. The van der Waals surface area contributed by atoms with E-state index in [0.717, 1.165) is 18.5 Å². The van der Waals surface area contributed by atoms with E-state index in [1.807, 2.05) is 0 Å². The van der Waals surface area contributed by atoms with E-state index in [9.17, 15) is 20.4 Å². The third-order valence-corrected chi connectivity index (χ3v) is 3.82. The average molecular weight is 284 g/mol. The second-order valence-corrected chi connectivity index (χ2v) is 6.73. The van der Waals surface area contributed by atoms with Gasteiger partial charge in [0, 0.05) is 6.20 Å². The van der Waals surface area contributed by atoms with Crippen LogP contribution in [0.15, 0.2) is 6.20 Å². The first-order valence-corrected chi connectivity index (χ1v) is 6.97. The van der Waals surface area contributed by atoms with Crippen molar-refractivity contribution in [2.75, 3.05) is 6.61 Å². The zero-order valence-electron chi connectivity index (χ0n) is 12.2. The molecule has 0 saturated carbocycles. The molecule has 0 aromatic carbocycles. The lowest BCUT2D eigenvalue weighted by Gasteiger charge is -2.35. The van der Waals surface area contributed by atoms with Crippen LogP contribution >= 0.6 is 0 Å². The zero-order valence-corrected chi connectivity index (χ0v) is 12.2. The molecule has 4 N–H and O–H groups in total. The summed E-state index contributed by atoms with van der Waals surface area (Å²) >= 11 is 0. The third kappa shape index (κ3) is 2.88. The number of nitrogens with zero attached hydrogens (tertiary/aromatic N) is 2. The largest absolute Gasteiger partial charge is 0.394 e. The maximum absolute atomic E-state index is 9.98. The molecule has 1 aliphatic heterocycles. The first-order valence-electron chi connectivity index (χ1n) is 6.97. The summed E-state index contributed by atoms with van der Waals surface area (Å²) in [6.07, 6.45) is -0.309. The Labute approximate surface area is 118 Å². The fourth-order valence-electron chi connectivity index (χ4n) is 2.50. The van der Waals surface area contributed by atoms with E-state index in [-0.39, 0.29) is 12.0 Å². The predicted molar refractivity (Wildman–Crippen MR) is 73.1 cm³/mol. The molecule has 1 aliphatic rings. The van der Waals surface area contributed by atoms with Gasteiger partial charge in [-0.05, 0) is 18.3 Å². The summed E-state index contributed by atoms with van der Waals surface area (Å²) in [6.45, 7) is 6.11. The molecule has 2 rings (SSSR count). The fourth-order valence-corrected chi connectivity index (χ4v) is 2.50. The Morgan fingerprint density at radius 1 is 1.20 bits per heavy atom. The van der Waals surface area contributed by atoms with Crippen LogP contribution in [-0.4, -0.2) is 48.8 Å². The minimum atomic E-state index is -1.32. The van der Waals surface area contributed by atoms with Crippen LogP contribution in [0.3, 0.4) is 0 Å². The number of imidazole rings is 1. The first kappa shape index (κ1) is 15.4. The van der Waals surface area contributed by atoms with Crippen molar-refractivity contribution in [3.63, 3.8) is 0 Å². The molecule has 0 saturated heterocycles. The van der Waals surface area contributed by atoms with Gasteiger partial charge in [0.1, 0.15) is 24.1 Å². The number of fused-ring (bicyclic) bond motifs is 1. The van der Waals surface area contributed by atoms with Gasteiger partial charge in [0.25, 0.3) is 0 Å². The first-order chi connectivity index (χ1) is 9.24. The molecule has 6 nitrogen and oxygen atoms in total. The number of aliphatic hydroxyl groups is 4. The number of aromatic nitrogens is 2. The molecule has 4 atom stereocenters. The maximum atomic E-state index is 9.98. The lowest BCUT2D eigenvalue weighted by atomic mass is 9.90. The Kier molecular flexibility index (Phi) is 4.20. The number of hydrogen-bond donors (Lipinski definition) is 4. The lowest BCUT2D eigenvalue weighted by Crippen LogP contribution is -2.46. The van der Waals surface area contributed by atoms with Crippen molar-refractivity contribution in [3.05, 3.63) is 17.7 Å². The van der Waals surface area contributed by atoms with Gasteiger partial charge in [-0.15, -0.1) is 0 Å². The zero-order chi connectivity index (χ0) is 15.1. The molecule has 0 amide bonds. The van der Waals surface area contributed by atoms with E-state index in [2.05, 4.69) is 25.8 Å². The lowest BCUT2D eigenvalue weighted by molar-refractivity contribution is -0.108. The smallest absolute Gasteiger partial charge is 0.141 e. The van der Waals surface area contributed by atoms with Crippen molar-refractivity contribution in [2.45, 2.75) is 58.0 Å². The van der Waals surface area contributed by atoms with Crippen LogP contribution in [0, 0.1) is 5.41 Å². The molecule has 0 aliphatic carbocycles. The Morgan fingerprint density at radius 3 is 2.40 bits per heavy atom. The van der Waals surface area contributed by atoms with Gasteiger partial charge in [-0.3, -0.25) is 0 Å². The van der Waals surface area contributed by atoms with E-state index in [4.69, 9.17) is 0 Å². The van der Waals surface area contributed by atoms with Crippen molar-refractivity contribution in [2.24, 2.45) is 5.41 Å². The molecular formula is C14H24N2O4. The van der Waals surface area contributed by atoms with Crippen molar-refractivity contribution in [1.29, 1.82) is 0 Å². The van der Waals surface area contributed by atoms with Gasteiger partial charge in [-0.1, -0.05) is 20.8 Å². The maximum Gasteiger partial charge on any atom is 0.141 e. The highest BCUT2D eigenvalue weighted by atomic mass is 16.4. The van der Waals surface area contributed by atoms with Gasteiger partial charge in [0.2, 0.25) is 0 Å². The Hall–Kier alpha value is -0.950. The van der Waals surface area contributed by atoms with Crippen LogP contribution < -0.4 is 0 Å². The SMILES string of the molecule is CC(C)(C)CCc1cn2c(n1)C(O)C(O)C(O)[C@@H]2CO. The minimum absolute atomic E-state index is 0.179. The van der Waals surface area contributed by atoms with Gasteiger partial charge in [-0.2, -0.15) is 0 Å². The van der Waals surface area contributed by atoms with Crippen molar-refractivity contribution in [1.82, 2.24) is 9.55 Å². The monoisotopic (exact) mass is 284 g/mol. The summed E-state index contributed by atoms with van der Waals surface area (Å²) in [6, 6.07) is -0.667. The van der Waals surface area contributed by atoms with Crippen LogP contribution in [0.5, 0.6) is 0 Å². The second-order valence-electron chi connectivity index (χ2n) is 6.73. The molecule has 1 aromatic heterocycles. The van der Waals surface area contributed by atoms with E-state index in [0.29, 0.717) is 5.82 Å². The van der Waals surface area contributed by atoms with E-state index >= 15 is 0 Å². The highest BCUT2D eigenvalue weighted by Crippen LogP contribution is 2.33. The van der Waals surface area contributed by atoms with Crippen LogP contribution in [0.1, 0.15) is 50.9 Å². The highest BCUT2D eigenvalue weighted by Gasteiger charge is 2.41. The number of rotatable bonds is 3. The van der Waals surface area contributed by atoms with Crippen LogP contribution in [0.4, 0.5) is 0 Å². The molecule has 2 heterocycles. The normalized spacial score (nSPS) is 30.4. The predicted octanol–water partition coefficient (Wildman–Crippen LogP) is 0.164. The molecule has 0 radical (unpaired) electrons. The third-order valence-electron chi connectivity index (χ3n) is 3.82. The summed E-state index contributed by atoms with van der Waals surface area (Å²) in [5, 5.41) is 39.1. The minimum Gasteiger partial charge on any atom is -0.394 e. The molecule has 1 aromatic rings. The standard InChI is InChI=1S/C14H24N2O4/c1-14(2,3)5-4-8-6-16-9(7-17)10(18)11(19)12(20)13(16)15-8/h6,9-12,17-20H,4-5,7H2,1-3H3/t9-,10?,11?,12?/m0/s1. The summed E-state index contributed by atoms with van der Waals surface area (Å²) in [7, 11) is 0. The topological polar surface area (TPSA) is 98.7 Å². The van der Waals surface area contributed by atoms with E-state index in [1.165, 1.54) is 0 Å². The summed E-state index contributed by atoms with van der Waals surface area (Å²) in [5.41, 5.74) is 0.978. The van der Waals surface area contributed by atoms with E-state index in [1.54, 1.807) is 10.8 Å². The molecule has 6 heteroatoms. The highest BCUT2D eigenvalue weighted by molar-refractivity contribution is 5.14. The van der Waals surface area contributed by atoms with Crippen molar-refractivity contribution < 1.29 is 20.4 Å². The quantitative estimate of drug-likeness (QED) is 0.634. The molecule has 0 bridgehead atoms. The Morgan fingerprint density at radius 2 is 1.85 bits per heavy atom. The summed E-state index contributed by atoms with van der Waals surface area (Å²) in [5.74, 6) is 0.311. The van der Waals surface area contributed by atoms with E-state index < -0.39 is 24.4 Å². The second kappa shape index (κ2) is 5.44. The van der Waals surface area contributed by atoms with Gasteiger partial charge < -0.3 is 25.0 Å². The van der Waals surface area contributed by atoms with Crippen LogP contribution in [0.25, 0.3) is 0 Å². The molecule has 20 heavy (non-hydrogen) atoms. The summed E-state index contributed by atoms with van der Waals surface area (Å²) in [4.78, 5) is 4.35. The Bertz CT molecular complexity index is 466. The number of hydrogen-bond acceptors (Lipinski definition) is 5. The molecule has 3 unspecified atom stereocenters. The van der Waals surface area contributed by atoms with Crippen molar-refractivity contribution in [3.8, 4) is 0 Å². The number of aryl methyl sites for hydroxylation is 1. The van der Waals surface area contributed by atoms with Crippen molar-refractivity contribution >= 4 is 0 Å². The summed E-state index contributed by atoms with van der Waals surface area (Å²) < 4.78 is 1.58. The van der Waals surface area contributed by atoms with Crippen LogP contribution in [-0.2, 0) is 6.42 Å². The molecule has 0 fully saturated rings. The Balaban J connectivity index is 2.26. The average Bonchev–Trinajstić information content (AvgIpc) is 2.78. The molecule has 114 valence electrons. The van der Waals surface area contributed by atoms with Gasteiger partial charge in [0.15, 0.2) is 0 Å². The number of aliphatic hydroxyl groups excluding tert-OH is 4.